The normalized spacial score (nSPS) is 10.0. The molecule has 5 N–H and O–H groups in total. The molecule has 0 amide bonds. The SMILES string of the molecule is NOC(=O)CCC(O)CCC(=O)ON. The highest BCUT2D eigenvalue weighted by atomic mass is 16.7. The third kappa shape index (κ3) is 6.35. The molecule has 0 rings (SSSR count). The molecule has 0 bridgehead atoms. The number of hydrogen-bond acceptors (Lipinski definition) is 7. The van der Waals surface area contributed by atoms with Gasteiger partial charge in [-0.05, 0) is 12.8 Å². The number of rotatable bonds is 6. The number of nitrogens with two attached hydrogens (primary N) is 2. The van der Waals surface area contributed by atoms with Crippen molar-refractivity contribution in [2.75, 3.05) is 0 Å². The van der Waals surface area contributed by atoms with E-state index >= 15 is 0 Å². The van der Waals surface area contributed by atoms with Gasteiger partial charge in [0.2, 0.25) is 0 Å². The highest BCUT2D eigenvalue weighted by molar-refractivity contribution is 5.69. The fourth-order valence-corrected chi connectivity index (χ4v) is 0.831. The molecule has 0 spiro atoms. The molecule has 14 heavy (non-hydrogen) atoms. The van der Waals surface area contributed by atoms with Gasteiger partial charge < -0.3 is 14.8 Å². The highest BCUT2D eigenvalue weighted by Crippen LogP contribution is 2.05. The van der Waals surface area contributed by atoms with E-state index in [4.69, 9.17) is 0 Å². The Kier molecular flexibility index (Phi) is 6.63. The molecule has 0 aromatic heterocycles. The third-order valence-electron chi connectivity index (χ3n) is 1.63. The molecule has 82 valence electrons. The van der Waals surface area contributed by atoms with Crippen LogP contribution in [0.25, 0.3) is 0 Å². The van der Waals surface area contributed by atoms with E-state index in [2.05, 4.69) is 21.5 Å². The second-order valence-corrected chi connectivity index (χ2v) is 2.71. The van der Waals surface area contributed by atoms with Gasteiger partial charge in [0, 0.05) is 12.8 Å². The van der Waals surface area contributed by atoms with Gasteiger partial charge in [0.05, 0.1) is 6.10 Å². The van der Waals surface area contributed by atoms with Crippen molar-refractivity contribution < 1.29 is 24.4 Å². The standard InChI is InChI=1S/C7H14N2O5/c8-13-6(11)3-1-5(10)2-4-7(12)14-9/h5,10H,1-4,8-9H2. The van der Waals surface area contributed by atoms with Crippen LogP contribution in [0, 0.1) is 0 Å². The number of carbonyl (C=O) groups excluding carboxylic acids is 2. The lowest BCUT2D eigenvalue weighted by molar-refractivity contribution is -0.145. The molecule has 0 aliphatic carbocycles. The summed E-state index contributed by atoms with van der Waals surface area (Å²) in [5.74, 6) is 7.95. The van der Waals surface area contributed by atoms with E-state index in [1.54, 1.807) is 0 Å². The number of hydrogen-bond donors (Lipinski definition) is 3. The third-order valence-corrected chi connectivity index (χ3v) is 1.63. The van der Waals surface area contributed by atoms with Crippen LogP contribution in [-0.2, 0) is 19.3 Å². The fraction of sp³-hybridized carbons (Fsp3) is 0.714. The van der Waals surface area contributed by atoms with Crippen LogP contribution in [0.5, 0.6) is 0 Å². The van der Waals surface area contributed by atoms with Crippen molar-refractivity contribution >= 4 is 11.9 Å². The van der Waals surface area contributed by atoms with Gasteiger partial charge in [-0.1, -0.05) is 0 Å². The summed E-state index contributed by atoms with van der Waals surface area (Å²) in [6.45, 7) is 0. The minimum absolute atomic E-state index is 0.00927. The fourth-order valence-electron chi connectivity index (χ4n) is 0.831. The largest absolute Gasteiger partial charge is 0.393 e. The maximum Gasteiger partial charge on any atom is 0.324 e. The lowest BCUT2D eigenvalue weighted by Crippen LogP contribution is -2.17. The van der Waals surface area contributed by atoms with Gasteiger partial charge in [0.15, 0.2) is 0 Å². The Morgan fingerprint density at radius 2 is 1.43 bits per heavy atom. The van der Waals surface area contributed by atoms with Gasteiger partial charge in [-0.2, -0.15) is 11.8 Å². The Morgan fingerprint density at radius 3 is 1.71 bits per heavy atom. The average molecular weight is 206 g/mol. The molecule has 0 saturated carbocycles. The van der Waals surface area contributed by atoms with E-state index < -0.39 is 18.0 Å². The molecule has 0 heterocycles. The van der Waals surface area contributed by atoms with Crippen LogP contribution in [0.1, 0.15) is 25.7 Å². The van der Waals surface area contributed by atoms with Gasteiger partial charge in [0.25, 0.3) is 0 Å². The Morgan fingerprint density at radius 1 is 1.07 bits per heavy atom. The van der Waals surface area contributed by atoms with Crippen molar-refractivity contribution in [2.24, 2.45) is 11.8 Å². The molecule has 0 fully saturated rings. The maximum absolute atomic E-state index is 10.5. The molecule has 0 radical (unpaired) electrons. The van der Waals surface area contributed by atoms with Crippen LogP contribution in [0.3, 0.4) is 0 Å². The zero-order valence-electron chi connectivity index (χ0n) is 7.64. The van der Waals surface area contributed by atoms with E-state index in [1.165, 1.54) is 0 Å². The van der Waals surface area contributed by atoms with Gasteiger partial charge >= 0.3 is 11.9 Å². The molecule has 0 atom stereocenters. The minimum Gasteiger partial charge on any atom is -0.393 e. The minimum atomic E-state index is -0.770. The topological polar surface area (TPSA) is 125 Å². The summed E-state index contributed by atoms with van der Waals surface area (Å²) in [4.78, 5) is 28.9. The molecule has 0 unspecified atom stereocenters. The first-order valence-electron chi connectivity index (χ1n) is 4.07. The predicted molar refractivity (Wildman–Crippen MR) is 45.0 cm³/mol. The molecule has 7 nitrogen and oxygen atoms in total. The molecule has 0 aliphatic rings. The van der Waals surface area contributed by atoms with Gasteiger partial charge in [-0.3, -0.25) is 9.59 Å². The lowest BCUT2D eigenvalue weighted by atomic mass is 10.1. The predicted octanol–water partition coefficient (Wildman–Crippen LogP) is -1.26. The van der Waals surface area contributed by atoms with Crippen LogP contribution in [0.15, 0.2) is 0 Å². The maximum atomic E-state index is 10.5. The van der Waals surface area contributed by atoms with E-state index in [0.29, 0.717) is 0 Å². The van der Waals surface area contributed by atoms with E-state index in [1.807, 2.05) is 0 Å². The summed E-state index contributed by atoms with van der Waals surface area (Å²) in [5.41, 5.74) is 0. The number of aliphatic hydroxyl groups is 1. The van der Waals surface area contributed by atoms with E-state index in [0.717, 1.165) is 0 Å². The van der Waals surface area contributed by atoms with E-state index in [9.17, 15) is 14.7 Å². The Bertz CT molecular complexity index is 177. The second kappa shape index (κ2) is 7.25. The number of carbonyl (C=O) groups is 2. The molecule has 0 aliphatic heterocycles. The van der Waals surface area contributed by atoms with Crippen LogP contribution in [0.4, 0.5) is 0 Å². The Balaban J connectivity index is 3.50. The summed E-state index contributed by atoms with van der Waals surface area (Å²) >= 11 is 0. The van der Waals surface area contributed by atoms with Crippen molar-refractivity contribution in [1.29, 1.82) is 0 Å². The molecular formula is C7H14N2O5. The van der Waals surface area contributed by atoms with Crippen LogP contribution >= 0.6 is 0 Å². The Hall–Kier alpha value is -1.18. The van der Waals surface area contributed by atoms with Crippen LogP contribution in [0.2, 0.25) is 0 Å². The first kappa shape index (κ1) is 12.8. The van der Waals surface area contributed by atoms with Crippen molar-refractivity contribution in [3.8, 4) is 0 Å². The highest BCUT2D eigenvalue weighted by Gasteiger charge is 2.11. The van der Waals surface area contributed by atoms with Crippen LogP contribution in [-0.4, -0.2) is 23.1 Å². The average Bonchev–Trinajstić information content (AvgIpc) is 2.22. The zero-order valence-corrected chi connectivity index (χ0v) is 7.64. The summed E-state index contributed by atoms with van der Waals surface area (Å²) < 4.78 is 0. The molecule has 0 aromatic carbocycles. The van der Waals surface area contributed by atoms with Gasteiger partial charge in [-0.15, -0.1) is 0 Å². The van der Waals surface area contributed by atoms with Crippen molar-refractivity contribution in [2.45, 2.75) is 31.8 Å². The number of aliphatic hydroxyl groups excluding tert-OH is 1. The second-order valence-electron chi connectivity index (χ2n) is 2.71. The lowest BCUT2D eigenvalue weighted by Gasteiger charge is -2.07. The summed E-state index contributed by atoms with van der Waals surface area (Å²) in [7, 11) is 0. The molecule has 7 heteroatoms. The Labute approximate surface area is 80.9 Å². The molecule has 0 saturated heterocycles. The monoisotopic (exact) mass is 206 g/mol. The summed E-state index contributed by atoms with van der Waals surface area (Å²) in [6, 6.07) is 0. The van der Waals surface area contributed by atoms with Crippen molar-refractivity contribution in [1.82, 2.24) is 0 Å². The zero-order chi connectivity index (χ0) is 11.0. The van der Waals surface area contributed by atoms with Gasteiger partial charge in [0.1, 0.15) is 0 Å². The van der Waals surface area contributed by atoms with Crippen molar-refractivity contribution in [3.05, 3.63) is 0 Å². The molecular weight excluding hydrogens is 192 g/mol. The summed E-state index contributed by atoms with van der Waals surface area (Å²) in [5, 5.41) is 9.24. The van der Waals surface area contributed by atoms with Crippen LogP contribution < -0.4 is 11.8 Å². The summed E-state index contributed by atoms with van der Waals surface area (Å²) in [6.07, 6.45) is -0.375. The first-order chi connectivity index (χ1) is 6.60. The van der Waals surface area contributed by atoms with Crippen molar-refractivity contribution in [3.63, 3.8) is 0 Å². The quantitative estimate of drug-likeness (QED) is 0.463. The first-order valence-corrected chi connectivity index (χ1v) is 4.07. The smallest absolute Gasteiger partial charge is 0.324 e. The van der Waals surface area contributed by atoms with E-state index in [-0.39, 0.29) is 25.7 Å². The van der Waals surface area contributed by atoms with Gasteiger partial charge in [-0.25, -0.2) is 0 Å². The molecule has 0 aromatic rings.